The molecule has 0 saturated heterocycles. The highest BCUT2D eigenvalue weighted by atomic mass is 31.2. The molecule has 0 bridgehead atoms. The Bertz CT molecular complexity index is 1570. The van der Waals surface area contributed by atoms with Crippen molar-refractivity contribution in [2.45, 2.75) is 84.8 Å². The van der Waals surface area contributed by atoms with Gasteiger partial charge in [0.25, 0.3) is 0 Å². The third-order valence-electron chi connectivity index (χ3n) is 7.52. The highest BCUT2D eigenvalue weighted by molar-refractivity contribution is 7.48. The summed E-state index contributed by atoms with van der Waals surface area (Å²) in [6.07, 6.45) is -0.530. The molecule has 0 N–H and O–H groups in total. The summed E-state index contributed by atoms with van der Waals surface area (Å²) < 4.78 is 76.4. The maximum atomic E-state index is 14.4. The maximum Gasteiger partial charge on any atom is 0.475 e. The molecule has 4 rings (SSSR count). The summed E-state index contributed by atoms with van der Waals surface area (Å²) in [6, 6.07) is 37.1. The lowest BCUT2D eigenvalue weighted by Gasteiger charge is -2.31. The van der Waals surface area contributed by atoms with Crippen LogP contribution in [-0.4, -0.2) is 37.1 Å². The van der Waals surface area contributed by atoms with Crippen LogP contribution in [0.15, 0.2) is 121 Å². The Morgan fingerprint density at radius 2 is 0.846 bits per heavy atom. The van der Waals surface area contributed by atoms with Crippen molar-refractivity contribution in [1.82, 2.24) is 0 Å². The van der Waals surface area contributed by atoms with Gasteiger partial charge in [0, 0.05) is 6.61 Å². The molecular formula is C40H52O10P2. The molecule has 1 atom stereocenters. The van der Waals surface area contributed by atoms with Crippen molar-refractivity contribution in [3.05, 3.63) is 144 Å². The first-order valence-corrected chi connectivity index (χ1v) is 20.3. The minimum absolute atomic E-state index is 0.0331. The summed E-state index contributed by atoms with van der Waals surface area (Å²) in [5.41, 5.74) is 2.11. The van der Waals surface area contributed by atoms with Gasteiger partial charge in [0.2, 0.25) is 0 Å². The molecule has 0 spiro atoms. The van der Waals surface area contributed by atoms with E-state index in [0.29, 0.717) is 13.0 Å². The molecule has 12 heteroatoms. The fraction of sp³-hybridized carbons (Fsp3) is 0.400. The largest absolute Gasteiger partial charge is 0.475 e. The lowest BCUT2D eigenvalue weighted by molar-refractivity contribution is -0.0951. The van der Waals surface area contributed by atoms with Crippen molar-refractivity contribution < 1.29 is 45.7 Å². The molecule has 1 unspecified atom stereocenters. The smallest absolute Gasteiger partial charge is 0.376 e. The molecule has 0 aliphatic rings. The molecule has 0 fully saturated rings. The fourth-order valence-electron chi connectivity index (χ4n) is 4.58. The van der Waals surface area contributed by atoms with Crippen molar-refractivity contribution in [1.29, 1.82) is 0 Å². The molecule has 10 nitrogen and oxygen atoms in total. The lowest BCUT2D eigenvalue weighted by Crippen LogP contribution is -2.34. The second kappa shape index (κ2) is 20.5. The van der Waals surface area contributed by atoms with Crippen LogP contribution in [0.3, 0.4) is 0 Å². The minimum Gasteiger partial charge on any atom is -0.376 e. The molecule has 0 radical (unpaired) electrons. The average molecular weight is 755 g/mol. The molecule has 0 aliphatic heterocycles. The monoisotopic (exact) mass is 754 g/mol. The number of ether oxygens (including phenoxy) is 2. The van der Waals surface area contributed by atoms with Crippen molar-refractivity contribution in [2.24, 2.45) is 0 Å². The van der Waals surface area contributed by atoms with Gasteiger partial charge in [-0.15, -0.1) is 0 Å². The second-order valence-electron chi connectivity index (χ2n) is 13.7. The topological polar surface area (TPSA) is 108 Å². The highest BCUT2D eigenvalue weighted by Crippen LogP contribution is 2.54. The van der Waals surface area contributed by atoms with Gasteiger partial charge in [0.05, 0.1) is 50.8 Å². The van der Waals surface area contributed by atoms with E-state index in [1.165, 1.54) is 0 Å². The predicted molar refractivity (Wildman–Crippen MR) is 201 cm³/mol. The zero-order valence-electron chi connectivity index (χ0n) is 30.8. The van der Waals surface area contributed by atoms with Crippen LogP contribution in [0.5, 0.6) is 0 Å². The van der Waals surface area contributed by atoms with E-state index in [1.807, 2.05) is 156 Å². The quantitative estimate of drug-likeness (QED) is 0.0679. The molecule has 0 amide bonds. The molecule has 4 aromatic carbocycles. The molecule has 0 aliphatic carbocycles. The molecule has 4 aromatic rings. The van der Waals surface area contributed by atoms with E-state index in [4.69, 9.17) is 36.6 Å². The van der Waals surface area contributed by atoms with Crippen molar-refractivity contribution in [3.63, 3.8) is 0 Å². The SMILES string of the molecule is CC(C)(C)OCCC(C)(C)OCC(COP(=O)(OCc1ccccc1)OCc1ccccc1)OP(=O)(OCc1ccccc1)OCc1ccccc1. The standard InChI is InChI=1S/C40H52O10P2/c1-39(2,3)43-27-26-40(4,5)44-32-38(50-52(42,47-30-36-22-14-8-15-23-36)48-31-37-24-16-9-17-25-37)33-49-51(41,45-28-34-18-10-6-11-19-34)46-29-35-20-12-7-13-21-35/h6-25,38H,26-33H2,1-5H3. The van der Waals surface area contributed by atoms with Gasteiger partial charge in [-0.1, -0.05) is 121 Å². The second-order valence-corrected chi connectivity index (χ2v) is 17.0. The molecular weight excluding hydrogens is 702 g/mol. The number of hydrogen-bond donors (Lipinski definition) is 0. The van der Waals surface area contributed by atoms with E-state index in [2.05, 4.69) is 0 Å². The molecule has 52 heavy (non-hydrogen) atoms. The lowest BCUT2D eigenvalue weighted by atomic mass is 10.1. The summed E-state index contributed by atoms with van der Waals surface area (Å²) in [5, 5.41) is 0. The molecule has 282 valence electrons. The number of hydrogen-bond acceptors (Lipinski definition) is 10. The summed E-state index contributed by atoms with van der Waals surface area (Å²) in [5.74, 6) is 0. The summed E-state index contributed by atoms with van der Waals surface area (Å²) in [6.45, 7) is 9.60. The molecule has 0 aromatic heterocycles. The van der Waals surface area contributed by atoms with Crippen molar-refractivity contribution >= 4 is 15.6 Å². The fourth-order valence-corrected chi connectivity index (χ4v) is 7.07. The first-order valence-electron chi connectivity index (χ1n) is 17.4. The van der Waals surface area contributed by atoms with Crippen molar-refractivity contribution in [2.75, 3.05) is 19.8 Å². The Labute approximate surface area is 308 Å². The number of rotatable bonds is 23. The Hall–Kier alpha value is -2.98. The Balaban J connectivity index is 1.55. The minimum atomic E-state index is -4.30. The third kappa shape index (κ3) is 16.4. The maximum absolute atomic E-state index is 14.4. The zero-order chi connectivity index (χ0) is 37.3. The van der Waals surface area contributed by atoms with Crippen LogP contribution in [0.2, 0.25) is 0 Å². The first-order chi connectivity index (χ1) is 24.8. The van der Waals surface area contributed by atoms with Crippen LogP contribution >= 0.6 is 15.6 Å². The van der Waals surface area contributed by atoms with Crippen molar-refractivity contribution in [3.8, 4) is 0 Å². The molecule has 0 saturated carbocycles. The van der Waals surface area contributed by atoms with Gasteiger partial charge >= 0.3 is 15.6 Å². The third-order valence-corrected chi connectivity index (χ3v) is 10.3. The number of benzene rings is 4. The summed E-state index contributed by atoms with van der Waals surface area (Å²) in [4.78, 5) is 0. The van der Waals surface area contributed by atoms with E-state index in [0.717, 1.165) is 22.3 Å². The van der Waals surface area contributed by atoms with Crippen LogP contribution in [0, 0.1) is 0 Å². The van der Waals surface area contributed by atoms with Crippen LogP contribution in [0.25, 0.3) is 0 Å². The Kier molecular flexibility index (Phi) is 16.4. The average Bonchev–Trinajstić information content (AvgIpc) is 3.14. The van der Waals surface area contributed by atoms with E-state index in [-0.39, 0.29) is 45.2 Å². The van der Waals surface area contributed by atoms with Gasteiger partial charge in [0.15, 0.2) is 0 Å². The van der Waals surface area contributed by atoms with E-state index in [1.54, 1.807) is 0 Å². The number of phosphoric ester groups is 2. The van der Waals surface area contributed by atoms with Crippen LogP contribution in [-0.2, 0) is 72.2 Å². The van der Waals surface area contributed by atoms with E-state index >= 15 is 0 Å². The van der Waals surface area contributed by atoms with Gasteiger partial charge in [-0.25, -0.2) is 9.13 Å². The van der Waals surface area contributed by atoms with Gasteiger partial charge in [-0.2, -0.15) is 0 Å². The number of phosphoric acid groups is 2. The normalized spacial score (nSPS) is 13.2. The van der Waals surface area contributed by atoms with E-state index in [9.17, 15) is 9.13 Å². The van der Waals surface area contributed by atoms with Gasteiger partial charge < -0.3 is 9.47 Å². The molecule has 0 heterocycles. The Morgan fingerprint density at radius 3 is 1.21 bits per heavy atom. The van der Waals surface area contributed by atoms with Gasteiger partial charge in [-0.05, 0) is 63.3 Å². The highest BCUT2D eigenvalue weighted by Gasteiger charge is 2.36. The van der Waals surface area contributed by atoms with Gasteiger partial charge in [0.1, 0.15) is 6.10 Å². The Morgan fingerprint density at radius 1 is 0.481 bits per heavy atom. The van der Waals surface area contributed by atoms with Crippen LogP contribution < -0.4 is 0 Å². The predicted octanol–water partition coefficient (Wildman–Crippen LogP) is 10.5. The summed E-state index contributed by atoms with van der Waals surface area (Å²) >= 11 is 0. The van der Waals surface area contributed by atoms with Crippen LogP contribution in [0.1, 0.15) is 63.3 Å². The van der Waals surface area contributed by atoms with E-state index < -0.39 is 27.4 Å². The zero-order valence-corrected chi connectivity index (χ0v) is 32.5. The first kappa shape index (κ1) is 41.8. The van der Waals surface area contributed by atoms with Gasteiger partial charge in [-0.3, -0.25) is 27.1 Å². The van der Waals surface area contributed by atoms with Crippen LogP contribution in [0.4, 0.5) is 0 Å². The summed E-state index contributed by atoms with van der Waals surface area (Å²) in [7, 11) is -8.52.